The van der Waals surface area contributed by atoms with Crippen molar-refractivity contribution in [1.29, 1.82) is 0 Å². The zero-order valence-electron chi connectivity index (χ0n) is 6.64. The number of carboxylic acid groups (broad SMARTS) is 1. The van der Waals surface area contributed by atoms with Crippen molar-refractivity contribution in [3.63, 3.8) is 0 Å². The smallest absolute Gasteiger partial charge is 0.390 e. The second-order valence-electron chi connectivity index (χ2n) is 3.44. The van der Waals surface area contributed by atoms with Gasteiger partial charge in [0.05, 0.1) is 17.9 Å². The summed E-state index contributed by atoms with van der Waals surface area (Å²) in [5.41, 5.74) is -1.78. The Morgan fingerprint density at radius 3 is 2.15 bits per heavy atom. The number of aliphatic carboxylic acids is 1. The SMILES string of the molecule is O=C(O)C1(CC(F)(F)F)CC(O)C1. The molecule has 0 aromatic carbocycles. The number of rotatable bonds is 2. The number of hydrogen-bond donors (Lipinski definition) is 2. The highest BCUT2D eigenvalue weighted by molar-refractivity contribution is 5.76. The quantitative estimate of drug-likeness (QED) is 0.700. The first-order valence-corrected chi connectivity index (χ1v) is 3.73. The number of aliphatic hydroxyl groups excluding tert-OH is 1. The average molecular weight is 198 g/mol. The van der Waals surface area contributed by atoms with E-state index in [1.165, 1.54) is 0 Å². The van der Waals surface area contributed by atoms with E-state index in [9.17, 15) is 18.0 Å². The molecule has 76 valence electrons. The number of carbonyl (C=O) groups is 1. The molecule has 0 heterocycles. The Bertz CT molecular complexity index is 218. The summed E-state index contributed by atoms with van der Waals surface area (Å²) in [5.74, 6) is -1.48. The fourth-order valence-electron chi connectivity index (χ4n) is 1.62. The molecule has 2 N–H and O–H groups in total. The molecule has 0 amide bonds. The Kier molecular flexibility index (Phi) is 2.27. The monoisotopic (exact) mass is 198 g/mol. The Morgan fingerprint density at radius 2 is 1.92 bits per heavy atom. The minimum atomic E-state index is -4.49. The van der Waals surface area contributed by atoms with Crippen LogP contribution in [0.15, 0.2) is 0 Å². The van der Waals surface area contributed by atoms with Crippen LogP contribution < -0.4 is 0 Å². The summed E-state index contributed by atoms with van der Waals surface area (Å²) in [6.07, 6.45) is -7.35. The summed E-state index contributed by atoms with van der Waals surface area (Å²) >= 11 is 0. The van der Waals surface area contributed by atoms with Gasteiger partial charge in [-0.25, -0.2) is 0 Å². The van der Waals surface area contributed by atoms with E-state index < -0.39 is 30.1 Å². The van der Waals surface area contributed by atoms with E-state index in [1.807, 2.05) is 0 Å². The van der Waals surface area contributed by atoms with Crippen molar-refractivity contribution >= 4 is 5.97 Å². The molecule has 0 radical (unpaired) electrons. The van der Waals surface area contributed by atoms with Gasteiger partial charge in [0.15, 0.2) is 0 Å². The summed E-state index contributed by atoms with van der Waals surface area (Å²) in [7, 11) is 0. The van der Waals surface area contributed by atoms with Crippen LogP contribution in [0.2, 0.25) is 0 Å². The minimum Gasteiger partial charge on any atom is -0.481 e. The molecule has 0 aromatic rings. The third-order valence-corrected chi connectivity index (χ3v) is 2.25. The largest absolute Gasteiger partial charge is 0.481 e. The van der Waals surface area contributed by atoms with Gasteiger partial charge in [-0.05, 0) is 12.8 Å². The molecule has 6 heteroatoms. The predicted molar refractivity (Wildman–Crippen MR) is 36.0 cm³/mol. The van der Waals surface area contributed by atoms with Crippen LogP contribution in [0.4, 0.5) is 13.2 Å². The lowest BCUT2D eigenvalue weighted by Crippen LogP contribution is -2.49. The maximum absolute atomic E-state index is 11.9. The van der Waals surface area contributed by atoms with Gasteiger partial charge in [-0.3, -0.25) is 4.79 Å². The molecule has 0 aromatic heterocycles. The lowest BCUT2D eigenvalue weighted by molar-refractivity contribution is -0.201. The van der Waals surface area contributed by atoms with E-state index in [2.05, 4.69) is 0 Å². The van der Waals surface area contributed by atoms with Gasteiger partial charge in [0, 0.05) is 0 Å². The van der Waals surface area contributed by atoms with Crippen LogP contribution in [0.5, 0.6) is 0 Å². The van der Waals surface area contributed by atoms with E-state index >= 15 is 0 Å². The standard InChI is InChI=1S/C7H9F3O3/c8-7(9,10)3-6(5(12)13)1-4(11)2-6/h4,11H,1-3H2,(H,12,13). The molecule has 1 aliphatic carbocycles. The summed E-state index contributed by atoms with van der Waals surface area (Å²) in [5, 5.41) is 17.4. The van der Waals surface area contributed by atoms with Crippen molar-refractivity contribution in [3.8, 4) is 0 Å². The fourth-order valence-corrected chi connectivity index (χ4v) is 1.62. The normalized spacial score (nSPS) is 34.0. The Morgan fingerprint density at radius 1 is 1.46 bits per heavy atom. The third kappa shape index (κ3) is 2.12. The highest BCUT2D eigenvalue weighted by Crippen LogP contribution is 2.48. The molecule has 0 unspecified atom stereocenters. The summed E-state index contributed by atoms with van der Waals surface area (Å²) in [4.78, 5) is 10.5. The molecule has 1 aliphatic rings. The lowest BCUT2D eigenvalue weighted by atomic mass is 9.64. The van der Waals surface area contributed by atoms with Crippen molar-refractivity contribution in [2.75, 3.05) is 0 Å². The molecular formula is C7H9F3O3. The predicted octanol–water partition coefficient (Wildman–Crippen LogP) is 1.16. The molecule has 0 saturated heterocycles. The topological polar surface area (TPSA) is 57.5 Å². The van der Waals surface area contributed by atoms with Crippen molar-refractivity contribution in [3.05, 3.63) is 0 Å². The molecule has 0 aliphatic heterocycles. The molecule has 1 fully saturated rings. The molecule has 1 saturated carbocycles. The molecule has 0 atom stereocenters. The lowest BCUT2D eigenvalue weighted by Gasteiger charge is -2.41. The van der Waals surface area contributed by atoms with Crippen molar-refractivity contribution in [1.82, 2.24) is 0 Å². The maximum atomic E-state index is 11.9. The van der Waals surface area contributed by atoms with Gasteiger partial charge in [0.2, 0.25) is 0 Å². The van der Waals surface area contributed by atoms with Gasteiger partial charge >= 0.3 is 12.1 Å². The molecule has 0 spiro atoms. The van der Waals surface area contributed by atoms with Gasteiger partial charge in [-0.1, -0.05) is 0 Å². The van der Waals surface area contributed by atoms with Gasteiger partial charge in [-0.15, -0.1) is 0 Å². The first-order chi connectivity index (χ1) is 5.75. The second kappa shape index (κ2) is 2.87. The van der Waals surface area contributed by atoms with E-state index in [-0.39, 0.29) is 12.8 Å². The maximum Gasteiger partial charge on any atom is 0.390 e. The first-order valence-electron chi connectivity index (χ1n) is 3.73. The third-order valence-electron chi connectivity index (χ3n) is 2.25. The zero-order chi connectivity index (χ0) is 10.3. The van der Waals surface area contributed by atoms with Gasteiger partial charge in [0.1, 0.15) is 0 Å². The molecular weight excluding hydrogens is 189 g/mol. The van der Waals surface area contributed by atoms with Crippen LogP contribution in [-0.4, -0.2) is 28.5 Å². The first kappa shape index (κ1) is 10.3. The highest BCUT2D eigenvalue weighted by Gasteiger charge is 2.55. The van der Waals surface area contributed by atoms with Crippen LogP contribution in [0.1, 0.15) is 19.3 Å². The van der Waals surface area contributed by atoms with Crippen LogP contribution >= 0.6 is 0 Å². The molecule has 1 rings (SSSR count). The fraction of sp³-hybridized carbons (Fsp3) is 0.857. The highest BCUT2D eigenvalue weighted by atomic mass is 19.4. The van der Waals surface area contributed by atoms with Crippen molar-refractivity contribution < 1.29 is 28.2 Å². The molecule has 3 nitrogen and oxygen atoms in total. The van der Waals surface area contributed by atoms with Crippen molar-refractivity contribution in [2.45, 2.75) is 31.5 Å². The van der Waals surface area contributed by atoms with E-state index in [0.717, 1.165) is 0 Å². The van der Waals surface area contributed by atoms with Gasteiger partial charge < -0.3 is 10.2 Å². The second-order valence-corrected chi connectivity index (χ2v) is 3.44. The van der Waals surface area contributed by atoms with E-state index in [4.69, 9.17) is 10.2 Å². The van der Waals surface area contributed by atoms with Crippen LogP contribution in [0.25, 0.3) is 0 Å². The van der Waals surface area contributed by atoms with Crippen LogP contribution in [0.3, 0.4) is 0 Å². The molecule has 0 bridgehead atoms. The summed E-state index contributed by atoms with van der Waals surface area (Å²) in [6, 6.07) is 0. The Labute approximate surface area is 72.2 Å². The van der Waals surface area contributed by atoms with E-state index in [1.54, 1.807) is 0 Å². The minimum absolute atomic E-state index is 0.304. The summed E-state index contributed by atoms with van der Waals surface area (Å²) in [6.45, 7) is 0. The Hall–Kier alpha value is -0.780. The molecule has 13 heavy (non-hydrogen) atoms. The summed E-state index contributed by atoms with van der Waals surface area (Å²) < 4.78 is 35.7. The van der Waals surface area contributed by atoms with Crippen LogP contribution in [0, 0.1) is 5.41 Å². The Balaban J connectivity index is 2.66. The number of aliphatic hydroxyl groups is 1. The number of carboxylic acids is 1. The van der Waals surface area contributed by atoms with Crippen molar-refractivity contribution in [2.24, 2.45) is 5.41 Å². The number of alkyl halides is 3. The van der Waals surface area contributed by atoms with Gasteiger partial charge in [-0.2, -0.15) is 13.2 Å². The van der Waals surface area contributed by atoms with Crippen LogP contribution in [-0.2, 0) is 4.79 Å². The average Bonchev–Trinajstić information content (AvgIpc) is 1.79. The van der Waals surface area contributed by atoms with Gasteiger partial charge in [0.25, 0.3) is 0 Å². The van der Waals surface area contributed by atoms with E-state index in [0.29, 0.717) is 0 Å². The number of hydrogen-bond acceptors (Lipinski definition) is 2. The zero-order valence-corrected chi connectivity index (χ0v) is 6.64. The number of halogens is 3.